The second kappa shape index (κ2) is 1.59. The average molecular weight is 152 g/mol. The van der Waals surface area contributed by atoms with Crippen LogP contribution in [-0.2, 0) is 0 Å². The summed E-state index contributed by atoms with van der Waals surface area (Å²) in [5.41, 5.74) is 0. The van der Waals surface area contributed by atoms with E-state index in [2.05, 4.69) is 15.7 Å². The highest BCUT2D eigenvalue weighted by Crippen LogP contribution is 2.50. The highest BCUT2D eigenvalue weighted by molar-refractivity contribution is 8.00. The van der Waals surface area contributed by atoms with E-state index in [1.54, 1.807) is 0 Å². The van der Waals surface area contributed by atoms with Crippen LogP contribution < -0.4 is 0 Å². The molecule has 2 heterocycles. The molecule has 0 aromatic carbocycles. The van der Waals surface area contributed by atoms with Crippen LogP contribution in [0.1, 0.15) is 18.9 Å². The van der Waals surface area contributed by atoms with Crippen LogP contribution in [0.4, 0.5) is 0 Å². The van der Waals surface area contributed by atoms with Crippen molar-refractivity contribution < 1.29 is 0 Å². The van der Waals surface area contributed by atoms with E-state index in [0.717, 1.165) is 11.3 Å². The molecule has 0 amide bonds. The summed E-state index contributed by atoms with van der Waals surface area (Å²) in [6.07, 6.45) is 6.75. The van der Waals surface area contributed by atoms with Gasteiger partial charge in [-0.3, -0.25) is 0 Å². The van der Waals surface area contributed by atoms with Gasteiger partial charge in [0.2, 0.25) is 0 Å². The lowest BCUT2D eigenvalue weighted by atomic mass is 9.92. The lowest BCUT2D eigenvalue weighted by Gasteiger charge is -2.29. The van der Waals surface area contributed by atoms with Gasteiger partial charge in [0.15, 0.2) is 5.16 Å². The van der Waals surface area contributed by atoms with Gasteiger partial charge in [-0.05, 0) is 12.8 Å². The smallest absolute Gasteiger partial charge is 0.168 e. The fourth-order valence-electron chi connectivity index (χ4n) is 1.69. The normalized spacial score (nSPS) is 34.8. The summed E-state index contributed by atoms with van der Waals surface area (Å²) in [6.45, 7) is 0. The lowest BCUT2D eigenvalue weighted by molar-refractivity contribution is 0.330. The Kier molecular flexibility index (Phi) is 0.832. The number of hydrogen-bond donors (Lipinski definition) is 0. The molecule has 2 atom stereocenters. The van der Waals surface area contributed by atoms with E-state index in [9.17, 15) is 0 Å². The number of hydrogen-bond acceptors (Lipinski definition) is 2. The lowest BCUT2D eigenvalue weighted by Crippen LogP contribution is -2.25. The van der Waals surface area contributed by atoms with Gasteiger partial charge >= 0.3 is 0 Å². The predicted molar refractivity (Wildman–Crippen MR) is 40.1 cm³/mol. The molecule has 0 spiro atoms. The van der Waals surface area contributed by atoms with Gasteiger partial charge in [-0.2, -0.15) is 0 Å². The van der Waals surface area contributed by atoms with Gasteiger partial charge in [-0.1, -0.05) is 11.8 Å². The van der Waals surface area contributed by atoms with Crippen LogP contribution in [0.2, 0.25) is 0 Å². The van der Waals surface area contributed by atoms with E-state index >= 15 is 0 Å². The fourth-order valence-corrected chi connectivity index (χ4v) is 3.07. The van der Waals surface area contributed by atoms with Crippen LogP contribution >= 0.6 is 11.8 Å². The SMILES string of the molecule is c1cn2c(n1)SC1CCC12. The molecule has 1 aliphatic carbocycles. The molecule has 1 aromatic heterocycles. The molecule has 1 saturated carbocycles. The van der Waals surface area contributed by atoms with Gasteiger partial charge in [-0.25, -0.2) is 4.98 Å². The van der Waals surface area contributed by atoms with Gasteiger partial charge in [0.05, 0.1) is 0 Å². The number of nitrogens with zero attached hydrogens (tertiary/aromatic N) is 2. The van der Waals surface area contributed by atoms with Crippen LogP contribution in [0.25, 0.3) is 0 Å². The minimum absolute atomic E-state index is 0.794. The number of fused-ring (bicyclic) bond motifs is 3. The van der Waals surface area contributed by atoms with Crippen molar-refractivity contribution in [2.75, 3.05) is 0 Å². The van der Waals surface area contributed by atoms with Crippen molar-refractivity contribution in [2.45, 2.75) is 29.3 Å². The van der Waals surface area contributed by atoms with Gasteiger partial charge in [-0.15, -0.1) is 0 Å². The van der Waals surface area contributed by atoms with Gasteiger partial charge in [0.1, 0.15) is 0 Å². The highest BCUT2D eigenvalue weighted by atomic mass is 32.2. The molecule has 2 unspecified atom stereocenters. The second-order valence-electron chi connectivity index (χ2n) is 2.92. The molecule has 0 saturated heterocycles. The summed E-state index contributed by atoms with van der Waals surface area (Å²) in [6, 6.07) is 0.794. The molecule has 52 valence electrons. The van der Waals surface area contributed by atoms with Crippen molar-refractivity contribution in [3.8, 4) is 0 Å². The molecule has 1 fully saturated rings. The van der Waals surface area contributed by atoms with Crippen molar-refractivity contribution in [3.63, 3.8) is 0 Å². The molecule has 3 rings (SSSR count). The van der Waals surface area contributed by atoms with Gasteiger partial charge in [0.25, 0.3) is 0 Å². The second-order valence-corrected chi connectivity index (χ2v) is 4.12. The average Bonchev–Trinajstić information content (AvgIpc) is 2.35. The zero-order valence-electron chi connectivity index (χ0n) is 5.53. The first kappa shape index (κ1) is 5.24. The fraction of sp³-hybridized carbons (Fsp3) is 0.571. The summed E-state index contributed by atoms with van der Waals surface area (Å²) in [5, 5.41) is 2.09. The predicted octanol–water partition coefficient (Wildman–Crippen LogP) is 1.69. The topological polar surface area (TPSA) is 17.8 Å². The molecule has 0 radical (unpaired) electrons. The third-order valence-electron chi connectivity index (χ3n) is 2.42. The van der Waals surface area contributed by atoms with Crippen molar-refractivity contribution in [1.82, 2.24) is 9.55 Å². The number of thioether (sulfide) groups is 1. The van der Waals surface area contributed by atoms with Crippen molar-refractivity contribution in [2.24, 2.45) is 0 Å². The Balaban J connectivity index is 2.13. The Hall–Kier alpha value is -0.440. The Morgan fingerprint density at radius 1 is 1.60 bits per heavy atom. The minimum Gasteiger partial charge on any atom is -0.322 e. The molecule has 0 bridgehead atoms. The molecular formula is C7H8N2S. The first-order valence-electron chi connectivity index (χ1n) is 3.64. The minimum atomic E-state index is 0.794. The number of aromatic nitrogens is 2. The molecule has 1 aliphatic heterocycles. The summed E-state index contributed by atoms with van der Waals surface area (Å²) < 4.78 is 2.32. The molecule has 3 heteroatoms. The molecule has 2 aliphatic rings. The number of imidazole rings is 1. The summed E-state index contributed by atoms with van der Waals surface area (Å²) in [4.78, 5) is 4.26. The molecule has 0 N–H and O–H groups in total. The van der Waals surface area contributed by atoms with Crippen LogP contribution in [0.5, 0.6) is 0 Å². The maximum Gasteiger partial charge on any atom is 0.168 e. The van der Waals surface area contributed by atoms with E-state index in [4.69, 9.17) is 0 Å². The summed E-state index contributed by atoms with van der Waals surface area (Å²) >= 11 is 1.94. The van der Waals surface area contributed by atoms with E-state index < -0.39 is 0 Å². The van der Waals surface area contributed by atoms with Crippen molar-refractivity contribution >= 4 is 11.8 Å². The Labute approximate surface area is 63.6 Å². The first-order valence-corrected chi connectivity index (χ1v) is 4.52. The standard InChI is InChI=1S/C7H8N2S/c1-2-6-5(1)9-4-3-8-7(9)10-6/h3-6H,1-2H2. The molecule has 1 aromatic rings. The van der Waals surface area contributed by atoms with E-state index in [1.165, 1.54) is 18.0 Å². The Morgan fingerprint density at radius 2 is 2.60 bits per heavy atom. The highest BCUT2D eigenvalue weighted by Gasteiger charge is 2.40. The van der Waals surface area contributed by atoms with Crippen LogP contribution in [0, 0.1) is 0 Å². The Morgan fingerprint density at radius 3 is 3.40 bits per heavy atom. The number of rotatable bonds is 0. The zero-order valence-corrected chi connectivity index (χ0v) is 6.34. The van der Waals surface area contributed by atoms with Gasteiger partial charge < -0.3 is 4.57 Å². The van der Waals surface area contributed by atoms with Crippen molar-refractivity contribution in [1.29, 1.82) is 0 Å². The van der Waals surface area contributed by atoms with E-state index in [0.29, 0.717) is 0 Å². The van der Waals surface area contributed by atoms with Crippen LogP contribution in [0.15, 0.2) is 17.6 Å². The van der Waals surface area contributed by atoms with Crippen LogP contribution in [-0.4, -0.2) is 14.8 Å². The third kappa shape index (κ3) is 0.461. The van der Waals surface area contributed by atoms with E-state index in [-0.39, 0.29) is 0 Å². The van der Waals surface area contributed by atoms with Crippen molar-refractivity contribution in [3.05, 3.63) is 12.4 Å². The maximum atomic E-state index is 4.26. The third-order valence-corrected chi connectivity index (χ3v) is 3.80. The van der Waals surface area contributed by atoms with Gasteiger partial charge in [0, 0.05) is 23.7 Å². The van der Waals surface area contributed by atoms with E-state index in [1.807, 2.05) is 18.0 Å². The first-order chi connectivity index (χ1) is 4.95. The Bertz CT molecular complexity index is 268. The summed E-state index contributed by atoms with van der Waals surface area (Å²) in [7, 11) is 0. The monoisotopic (exact) mass is 152 g/mol. The molecule has 10 heavy (non-hydrogen) atoms. The molecule has 2 nitrogen and oxygen atoms in total. The quantitative estimate of drug-likeness (QED) is 0.563. The zero-order chi connectivity index (χ0) is 6.55. The largest absolute Gasteiger partial charge is 0.322 e. The maximum absolute atomic E-state index is 4.26. The summed E-state index contributed by atoms with van der Waals surface area (Å²) in [5.74, 6) is 0. The van der Waals surface area contributed by atoms with Crippen LogP contribution in [0.3, 0.4) is 0 Å². The molecular weight excluding hydrogens is 144 g/mol.